The van der Waals surface area contributed by atoms with Crippen molar-refractivity contribution in [1.29, 1.82) is 0 Å². The van der Waals surface area contributed by atoms with Gasteiger partial charge in [0.15, 0.2) is 5.78 Å². The van der Waals surface area contributed by atoms with Crippen LogP contribution in [0.1, 0.15) is 15.9 Å². The van der Waals surface area contributed by atoms with E-state index in [-0.39, 0.29) is 11.7 Å². The molecular formula is C21H15NO2. The summed E-state index contributed by atoms with van der Waals surface area (Å²) in [7, 11) is 1.72. The lowest BCUT2D eigenvalue weighted by Gasteiger charge is -2.07. The van der Waals surface area contributed by atoms with Crippen LogP contribution in [0, 0.1) is 0 Å². The first-order valence-corrected chi connectivity index (χ1v) is 7.77. The molecule has 0 atom stereocenters. The van der Waals surface area contributed by atoms with Gasteiger partial charge in [0.2, 0.25) is 0 Å². The maximum absolute atomic E-state index is 12.7. The van der Waals surface area contributed by atoms with Gasteiger partial charge in [-0.1, -0.05) is 54.6 Å². The van der Waals surface area contributed by atoms with Gasteiger partial charge in [0.05, 0.1) is 11.3 Å². The molecule has 0 bridgehead atoms. The summed E-state index contributed by atoms with van der Waals surface area (Å²) in [5.74, 6) is -0.306. The van der Waals surface area contributed by atoms with Crippen LogP contribution in [-0.2, 0) is 4.79 Å². The van der Waals surface area contributed by atoms with Gasteiger partial charge in [0.25, 0.3) is 5.91 Å². The van der Waals surface area contributed by atoms with E-state index in [0.717, 1.165) is 22.0 Å². The fourth-order valence-corrected chi connectivity index (χ4v) is 3.10. The van der Waals surface area contributed by atoms with Crippen LogP contribution in [0.15, 0.2) is 72.8 Å². The van der Waals surface area contributed by atoms with Gasteiger partial charge >= 0.3 is 0 Å². The van der Waals surface area contributed by atoms with Crippen molar-refractivity contribution in [3.8, 4) is 0 Å². The van der Waals surface area contributed by atoms with E-state index in [4.69, 9.17) is 0 Å². The molecule has 4 rings (SSSR count). The minimum Gasteiger partial charge on any atom is -0.311 e. The molecule has 0 N–H and O–H groups in total. The summed E-state index contributed by atoms with van der Waals surface area (Å²) in [6.07, 6.45) is 1.45. The highest BCUT2D eigenvalue weighted by molar-refractivity contribution is 6.35. The van der Waals surface area contributed by atoms with Crippen LogP contribution in [0.4, 0.5) is 5.69 Å². The van der Waals surface area contributed by atoms with Crippen molar-refractivity contribution in [3.05, 3.63) is 83.9 Å². The third kappa shape index (κ3) is 2.22. The lowest BCUT2D eigenvalue weighted by Crippen LogP contribution is -2.20. The van der Waals surface area contributed by atoms with E-state index in [0.29, 0.717) is 11.1 Å². The molecule has 0 aliphatic carbocycles. The van der Waals surface area contributed by atoms with Crippen molar-refractivity contribution in [2.24, 2.45) is 0 Å². The van der Waals surface area contributed by atoms with Crippen molar-refractivity contribution >= 4 is 33.7 Å². The maximum atomic E-state index is 12.7. The van der Waals surface area contributed by atoms with E-state index in [1.54, 1.807) is 18.0 Å². The molecule has 0 saturated carbocycles. The number of anilines is 1. The zero-order valence-corrected chi connectivity index (χ0v) is 13.2. The molecule has 0 spiro atoms. The summed E-state index contributed by atoms with van der Waals surface area (Å²) >= 11 is 0. The Kier molecular flexibility index (Phi) is 3.28. The van der Waals surface area contributed by atoms with Gasteiger partial charge < -0.3 is 4.90 Å². The first kappa shape index (κ1) is 14.4. The van der Waals surface area contributed by atoms with Gasteiger partial charge in [-0.3, -0.25) is 9.59 Å². The summed E-state index contributed by atoms with van der Waals surface area (Å²) in [5, 5.41) is 2.10. The highest BCUT2D eigenvalue weighted by Gasteiger charge is 2.29. The summed E-state index contributed by atoms with van der Waals surface area (Å²) < 4.78 is 0. The molecular weight excluding hydrogens is 298 g/mol. The van der Waals surface area contributed by atoms with Crippen LogP contribution in [0.5, 0.6) is 0 Å². The normalized spacial score (nSPS) is 15.1. The number of rotatable bonds is 2. The molecule has 3 aromatic rings. The molecule has 116 valence electrons. The van der Waals surface area contributed by atoms with Crippen molar-refractivity contribution in [2.75, 3.05) is 11.9 Å². The molecule has 3 nitrogen and oxygen atoms in total. The highest BCUT2D eigenvalue weighted by Crippen LogP contribution is 2.35. The Bertz CT molecular complexity index is 1020. The predicted octanol–water partition coefficient (Wildman–Crippen LogP) is 4.08. The number of nitrogens with zero attached hydrogens (tertiary/aromatic N) is 1. The predicted molar refractivity (Wildman–Crippen MR) is 96.1 cm³/mol. The van der Waals surface area contributed by atoms with Gasteiger partial charge in [-0.2, -0.15) is 0 Å². The molecule has 0 radical (unpaired) electrons. The molecule has 0 aromatic heterocycles. The average Bonchev–Trinajstić information content (AvgIpc) is 2.86. The van der Waals surface area contributed by atoms with Crippen LogP contribution < -0.4 is 4.90 Å². The standard InChI is InChI=1S/C21H15NO2/c1-22-19-9-5-4-8-17(19)18(21(22)24)13-20(23)16-11-10-14-6-2-3-7-15(14)12-16/h2-13H,1H3/b18-13-. The van der Waals surface area contributed by atoms with Crippen LogP contribution in [0.3, 0.4) is 0 Å². The Labute approximate surface area is 139 Å². The SMILES string of the molecule is CN1C(=O)/C(=C\C(=O)c2ccc3ccccc3c2)c2ccccc21. The quantitative estimate of drug-likeness (QED) is 0.528. The fraction of sp³-hybridized carbons (Fsp3) is 0.0476. The summed E-state index contributed by atoms with van der Waals surface area (Å²) in [6.45, 7) is 0. The summed E-state index contributed by atoms with van der Waals surface area (Å²) in [4.78, 5) is 26.7. The Morgan fingerprint density at radius 1 is 0.917 bits per heavy atom. The number of hydrogen-bond acceptors (Lipinski definition) is 2. The van der Waals surface area contributed by atoms with Crippen molar-refractivity contribution < 1.29 is 9.59 Å². The third-order valence-electron chi connectivity index (χ3n) is 4.40. The molecule has 0 unspecified atom stereocenters. The number of carbonyl (C=O) groups excluding carboxylic acids is 2. The molecule has 3 aromatic carbocycles. The number of carbonyl (C=O) groups is 2. The van der Waals surface area contributed by atoms with Crippen LogP contribution in [0.25, 0.3) is 16.3 Å². The average molecular weight is 313 g/mol. The van der Waals surface area contributed by atoms with Gasteiger partial charge in [-0.25, -0.2) is 0 Å². The third-order valence-corrected chi connectivity index (χ3v) is 4.40. The highest BCUT2D eigenvalue weighted by atomic mass is 16.2. The van der Waals surface area contributed by atoms with Gasteiger partial charge in [-0.05, 0) is 29.0 Å². The number of likely N-dealkylation sites (N-methyl/N-ethyl adjacent to an activating group) is 1. The second-order valence-electron chi connectivity index (χ2n) is 5.87. The molecule has 0 fully saturated rings. The van der Waals surface area contributed by atoms with E-state index >= 15 is 0 Å². The van der Waals surface area contributed by atoms with Crippen molar-refractivity contribution in [2.45, 2.75) is 0 Å². The van der Waals surface area contributed by atoms with Gasteiger partial charge in [0, 0.05) is 18.2 Å². The van der Waals surface area contributed by atoms with Gasteiger partial charge in [-0.15, -0.1) is 0 Å². The second kappa shape index (κ2) is 5.46. The maximum Gasteiger partial charge on any atom is 0.258 e. The number of allylic oxidation sites excluding steroid dienone is 1. The summed E-state index contributed by atoms with van der Waals surface area (Å²) in [5.41, 5.74) is 2.67. The Morgan fingerprint density at radius 3 is 2.46 bits per heavy atom. The molecule has 0 saturated heterocycles. The van der Waals surface area contributed by atoms with Crippen molar-refractivity contribution in [3.63, 3.8) is 0 Å². The van der Waals surface area contributed by atoms with E-state index < -0.39 is 0 Å². The monoisotopic (exact) mass is 313 g/mol. The Morgan fingerprint density at radius 2 is 1.62 bits per heavy atom. The number of ketones is 1. The van der Waals surface area contributed by atoms with Crippen LogP contribution in [0.2, 0.25) is 0 Å². The van der Waals surface area contributed by atoms with E-state index in [1.165, 1.54) is 6.08 Å². The number of para-hydroxylation sites is 1. The van der Waals surface area contributed by atoms with E-state index in [2.05, 4.69) is 0 Å². The molecule has 3 heteroatoms. The lowest BCUT2D eigenvalue weighted by atomic mass is 10.0. The van der Waals surface area contributed by atoms with Crippen LogP contribution in [-0.4, -0.2) is 18.7 Å². The van der Waals surface area contributed by atoms with Crippen LogP contribution >= 0.6 is 0 Å². The molecule has 1 aliphatic rings. The Hall–Kier alpha value is -3.20. The number of hydrogen-bond donors (Lipinski definition) is 0. The summed E-state index contributed by atoms with van der Waals surface area (Å²) in [6, 6.07) is 21.0. The first-order valence-electron chi connectivity index (χ1n) is 7.77. The number of fused-ring (bicyclic) bond motifs is 2. The van der Waals surface area contributed by atoms with E-state index in [1.807, 2.05) is 60.7 Å². The number of amides is 1. The first-order chi connectivity index (χ1) is 11.6. The largest absolute Gasteiger partial charge is 0.311 e. The van der Waals surface area contributed by atoms with Crippen molar-refractivity contribution in [1.82, 2.24) is 0 Å². The minimum absolute atomic E-state index is 0.148. The zero-order chi connectivity index (χ0) is 16.7. The fourth-order valence-electron chi connectivity index (χ4n) is 3.10. The van der Waals surface area contributed by atoms with E-state index in [9.17, 15) is 9.59 Å². The minimum atomic E-state index is -0.158. The number of benzene rings is 3. The smallest absolute Gasteiger partial charge is 0.258 e. The molecule has 1 aliphatic heterocycles. The topological polar surface area (TPSA) is 37.4 Å². The van der Waals surface area contributed by atoms with Gasteiger partial charge in [0.1, 0.15) is 0 Å². The molecule has 1 heterocycles. The molecule has 1 amide bonds. The second-order valence-corrected chi connectivity index (χ2v) is 5.87. The molecule has 24 heavy (non-hydrogen) atoms. The Balaban J connectivity index is 1.77. The zero-order valence-electron chi connectivity index (χ0n) is 13.2. The lowest BCUT2D eigenvalue weighted by molar-refractivity contribution is -0.112.